The summed E-state index contributed by atoms with van der Waals surface area (Å²) < 4.78 is 37.0. The number of aliphatic hydroxyl groups excluding tert-OH is 1. The Morgan fingerprint density at radius 3 is 1.92 bits per heavy atom. The first-order chi connectivity index (χ1) is 48.7. The molecule has 2 unspecified atom stereocenters. The topological polar surface area (TPSA) is 430 Å². The molecule has 11 N–H and O–H groups in total. The summed E-state index contributed by atoms with van der Waals surface area (Å²) in [6.07, 6.45) is -10.3. The van der Waals surface area contributed by atoms with Crippen LogP contribution in [0.3, 0.4) is 0 Å². The zero-order chi connectivity index (χ0) is 75.3. The van der Waals surface area contributed by atoms with Gasteiger partial charge in [-0.15, -0.1) is 0 Å². The van der Waals surface area contributed by atoms with E-state index in [1.165, 1.54) is 83.2 Å². The van der Waals surface area contributed by atoms with Crippen LogP contribution in [0.25, 0.3) is 6.08 Å². The second-order valence-electron chi connectivity index (χ2n) is 26.8. The van der Waals surface area contributed by atoms with Crippen molar-refractivity contribution < 1.29 is 101 Å². The summed E-state index contributed by atoms with van der Waals surface area (Å²) in [4.78, 5) is 178. The Balaban J connectivity index is 0.982. The highest BCUT2D eigenvalue weighted by Crippen LogP contribution is 2.64. The van der Waals surface area contributed by atoms with Gasteiger partial charge in [0, 0.05) is 68.2 Å². The van der Waals surface area contributed by atoms with Crippen LogP contribution in [0, 0.1) is 16.7 Å². The zero-order valence-corrected chi connectivity index (χ0v) is 58.7. The van der Waals surface area contributed by atoms with Crippen LogP contribution in [0.1, 0.15) is 144 Å². The molecule has 29 heteroatoms. The van der Waals surface area contributed by atoms with Gasteiger partial charge in [-0.2, -0.15) is 0 Å². The van der Waals surface area contributed by atoms with Crippen LogP contribution >= 0.6 is 11.6 Å². The van der Waals surface area contributed by atoms with Gasteiger partial charge in [-0.1, -0.05) is 104 Å². The molecular weight excluding hydrogens is 1360 g/mol. The highest BCUT2D eigenvalue weighted by Gasteiger charge is 2.78. The number of ether oxygens (including phenoxy) is 6. The molecule has 4 aromatic carbocycles. The molecule has 0 aromatic heterocycles. The van der Waals surface area contributed by atoms with Crippen molar-refractivity contribution in [1.29, 1.82) is 0 Å². The lowest BCUT2D eigenvalue weighted by molar-refractivity contribution is -0.346. The number of aliphatic hydroxyl groups is 2. The molecule has 4 aromatic rings. The van der Waals surface area contributed by atoms with Crippen molar-refractivity contribution in [3.63, 3.8) is 0 Å². The maximum Gasteiger partial charge on any atom is 0.350 e. The van der Waals surface area contributed by atoms with E-state index in [2.05, 4.69) is 26.6 Å². The Hall–Kier alpha value is -10.2. The van der Waals surface area contributed by atoms with Gasteiger partial charge in [-0.3, -0.25) is 52.7 Å². The zero-order valence-electron chi connectivity index (χ0n) is 57.9. The van der Waals surface area contributed by atoms with Gasteiger partial charge in [0.15, 0.2) is 17.5 Å². The molecule has 1 saturated heterocycles. The van der Waals surface area contributed by atoms with Gasteiger partial charge < -0.3 is 76.7 Å². The summed E-state index contributed by atoms with van der Waals surface area (Å²) in [5.74, 6) is -13.4. The molecule has 1 aliphatic heterocycles. The molecule has 2 bridgehead atoms. The van der Waals surface area contributed by atoms with E-state index in [1.54, 1.807) is 78.9 Å². The molecule has 28 nitrogen and oxygen atoms in total. The van der Waals surface area contributed by atoms with E-state index in [0.717, 1.165) is 13.8 Å². The number of amides is 7. The molecular formula is C74H86ClN7O21. The Kier molecular flexibility index (Phi) is 25.7. The first-order valence-electron chi connectivity index (χ1n) is 33.6. The van der Waals surface area contributed by atoms with Crippen LogP contribution in [-0.4, -0.2) is 166 Å². The van der Waals surface area contributed by atoms with Crippen molar-refractivity contribution in [3.8, 4) is 0 Å². The number of carbonyl (C=O) groups is 13. The average Bonchev–Trinajstić information content (AvgIpc) is 0.669. The number of rotatable bonds is 30. The first-order valence-corrected chi connectivity index (χ1v) is 34.0. The second kappa shape index (κ2) is 33.8. The fourth-order valence-corrected chi connectivity index (χ4v) is 14.1. The Morgan fingerprint density at radius 1 is 0.718 bits per heavy atom. The monoisotopic (exact) mass is 1440 g/mol. The Labute approximate surface area is 599 Å². The van der Waals surface area contributed by atoms with Gasteiger partial charge in [0.1, 0.15) is 48.1 Å². The minimum atomic E-state index is -2.57. The van der Waals surface area contributed by atoms with Crippen molar-refractivity contribution in [1.82, 2.24) is 26.6 Å². The summed E-state index contributed by atoms with van der Waals surface area (Å²) in [5.41, 5.74) is 3.57. The number of fused-ring (bicyclic) bond motifs is 5. The van der Waals surface area contributed by atoms with Crippen LogP contribution in [0.15, 0.2) is 132 Å². The van der Waals surface area contributed by atoms with E-state index >= 15 is 9.59 Å². The lowest BCUT2D eigenvalue weighted by Crippen LogP contribution is -2.82. The van der Waals surface area contributed by atoms with Crippen molar-refractivity contribution in [3.05, 3.63) is 160 Å². The van der Waals surface area contributed by atoms with E-state index in [1.807, 2.05) is 0 Å². The van der Waals surface area contributed by atoms with Crippen molar-refractivity contribution in [2.45, 2.75) is 178 Å². The molecule has 4 aliphatic rings. The van der Waals surface area contributed by atoms with E-state index in [4.69, 9.17) is 51.5 Å². The molecule has 550 valence electrons. The van der Waals surface area contributed by atoms with Gasteiger partial charge >= 0.3 is 29.8 Å². The van der Waals surface area contributed by atoms with Crippen molar-refractivity contribution in [2.24, 2.45) is 28.2 Å². The van der Waals surface area contributed by atoms with Crippen molar-refractivity contribution in [2.75, 3.05) is 13.2 Å². The fraction of sp³-hybridized carbons (Fsp3) is 0.446. The smallest absolute Gasteiger partial charge is 0.350 e. The summed E-state index contributed by atoms with van der Waals surface area (Å²) >= 11 is 5.90. The number of nitrogens with two attached hydrogens (primary N) is 2. The predicted octanol–water partition coefficient (Wildman–Crippen LogP) is 3.95. The highest BCUT2D eigenvalue weighted by molar-refractivity contribution is 6.30. The number of hydrogen-bond acceptors (Lipinski definition) is 21. The molecule has 8 rings (SSSR count). The number of Topliss-reactive ketones (excluding diaryl/α,β-unsaturated/α-hetero) is 1. The third-order valence-electron chi connectivity index (χ3n) is 19.6. The van der Waals surface area contributed by atoms with Crippen molar-refractivity contribution >= 4 is 94.7 Å². The minimum absolute atomic E-state index is 0.00224. The van der Waals surface area contributed by atoms with Gasteiger partial charge in [-0.25, -0.2) is 9.59 Å². The minimum Gasteiger partial charge on any atom is -0.455 e. The SMILES string of the molecule is CC(=O)O[C@@H]1C(=O)[C@@]2(C)[C@H]([C@H](OC(=O)c3ccccc3)[C@]3(O)C[C@H](OC(=O)[C@H](OC(=O)CCC(=O)NCCCCC(NC(=O)CC[C@H](NC(=O)C(C)NC(=O)/C=C/c4ccc(Cl)cc4)C(N)=O)C(N)=O)[C@@H](NC(=O)c4ccccc4)c4ccccc4)C(C)=C1C3(C)C)[C@]1(OC(C)=O)CO[C@@H]1C[C@@H]2O. The molecule has 7 amide bonds. The summed E-state index contributed by atoms with van der Waals surface area (Å²) in [6, 6.07) is 24.7. The van der Waals surface area contributed by atoms with E-state index in [9.17, 15) is 63.0 Å². The molecule has 3 fully saturated rings. The number of nitrogens with one attached hydrogen (secondary N) is 5. The number of esters is 5. The lowest BCUT2D eigenvalue weighted by Gasteiger charge is -2.67. The largest absolute Gasteiger partial charge is 0.455 e. The third-order valence-corrected chi connectivity index (χ3v) is 19.8. The van der Waals surface area contributed by atoms with Gasteiger partial charge in [0.05, 0.1) is 36.0 Å². The van der Waals surface area contributed by atoms with Gasteiger partial charge in [0.25, 0.3) is 5.91 Å². The molecule has 3 aliphatic carbocycles. The quantitative estimate of drug-likeness (QED) is 0.0117. The Bertz CT molecular complexity index is 3930. The maximum atomic E-state index is 15.9. The molecule has 2 saturated carbocycles. The third kappa shape index (κ3) is 18.2. The molecule has 14 atom stereocenters. The van der Waals surface area contributed by atoms with Gasteiger partial charge in [0.2, 0.25) is 41.5 Å². The number of halogens is 1. The van der Waals surface area contributed by atoms with Crippen LogP contribution in [-0.2, 0) is 81.2 Å². The lowest BCUT2D eigenvalue weighted by atomic mass is 9.44. The fourth-order valence-electron chi connectivity index (χ4n) is 14.0. The number of primary amides is 2. The summed E-state index contributed by atoms with van der Waals surface area (Å²) in [6.45, 7) is 8.90. The van der Waals surface area contributed by atoms with Crippen LogP contribution in [0.5, 0.6) is 0 Å². The molecule has 103 heavy (non-hydrogen) atoms. The predicted molar refractivity (Wildman–Crippen MR) is 367 cm³/mol. The average molecular weight is 1440 g/mol. The highest BCUT2D eigenvalue weighted by atomic mass is 35.5. The Morgan fingerprint density at radius 2 is 1.33 bits per heavy atom. The van der Waals surface area contributed by atoms with Gasteiger partial charge in [-0.05, 0) is 111 Å². The number of hydrogen-bond donors (Lipinski definition) is 9. The van der Waals surface area contributed by atoms with E-state index < -0.39 is 192 Å². The number of unbranched alkanes of at least 4 members (excludes halogenated alkanes) is 1. The summed E-state index contributed by atoms with van der Waals surface area (Å²) in [7, 11) is 0. The van der Waals surface area contributed by atoms with Crippen LogP contribution < -0.4 is 38.1 Å². The normalized spacial score (nSPS) is 24.5. The number of benzene rings is 4. The van der Waals surface area contributed by atoms with E-state index in [0.29, 0.717) is 10.6 Å². The first kappa shape index (κ1) is 78.6. The van der Waals surface area contributed by atoms with E-state index in [-0.39, 0.29) is 72.9 Å². The van der Waals surface area contributed by atoms with Crippen LogP contribution in [0.4, 0.5) is 0 Å². The molecule has 0 spiro atoms. The maximum absolute atomic E-state index is 15.9. The standard InChI is InChI=1S/C74H86ClN7O21/c1-40-51(38-74(97)64(102-69(95)47-23-15-10-16-24-47)62-72(7,52(85)37-53-73(62,39-98-53)103-43(4)84)63(90)60(99-42(3)83)58(40)71(74,5)6)100-70(96)61(59(45-19-11-8-12-20-45)82-68(94)46-21-13-9-14-22-46)101-57(89)35-34-54(86)78-36-18-17-25-49(65(76)91)80-56(88)33-31-50(66(77)92)81-67(93)41(2)79-55(87)32-28-44-26-29-48(75)30-27-44/h8-16,19-24,26-30,32,41,49-53,59-62,64,85,97H,17-18,25,31,33-39H2,1-7H3,(H2,76,91)(H2,77,92)(H,78,86)(H,79,87)(H,80,88)(H,81,93)(H,82,94)/b32-28+/t41?,49?,50-,51-,52-,53+,59-,60-,61+,62-,64-,72+,73-,74+/m0/s1. The molecule has 1 heterocycles. The molecule has 0 radical (unpaired) electrons. The number of ketones is 1. The second-order valence-corrected chi connectivity index (χ2v) is 27.2. The van der Waals surface area contributed by atoms with Crippen LogP contribution in [0.2, 0.25) is 5.02 Å². The summed E-state index contributed by atoms with van der Waals surface area (Å²) in [5, 5.41) is 39.8. The number of carbonyl (C=O) groups excluding carboxylic acids is 13.